The van der Waals surface area contributed by atoms with E-state index in [1.165, 1.54) is 18.2 Å². The molecular formula is C20H29FN2O3. The van der Waals surface area contributed by atoms with Gasteiger partial charge >= 0.3 is 6.09 Å². The van der Waals surface area contributed by atoms with Gasteiger partial charge in [-0.05, 0) is 57.4 Å². The smallest absolute Gasteiger partial charge is 0.407 e. The molecule has 0 saturated heterocycles. The Kier molecular flexibility index (Phi) is 7.80. The SMILES string of the molecule is CCC(CC)(CNC(=O)OC(C)(C)C)NC(=O)/C=C/c1cccc(F)c1. The van der Waals surface area contributed by atoms with Gasteiger partial charge in [-0.3, -0.25) is 4.79 Å². The Morgan fingerprint density at radius 1 is 1.19 bits per heavy atom. The molecule has 2 N–H and O–H groups in total. The van der Waals surface area contributed by atoms with E-state index in [0.717, 1.165) is 0 Å². The predicted octanol–water partition coefficient (Wildman–Crippen LogP) is 4.04. The van der Waals surface area contributed by atoms with Gasteiger partial charge < -0.3 is 15.4 Å². The Bertz CT molecular complexity index is 647. The molecule has 5 nitrogen and oxygen atoms in total. The first kappa shape index (κ1) is 21.7. The normalized spacial score (nSPS) is 12.1. The lowest BCUT2D eigenvalue weighted by Crippen LogP contribution is -2.55. The van der Waals surface area contributed by atoms with Crippen molar-refractivity contribution in [2.45, 2.75) is 58.6 Å². The van der Waals surface area contributed by atoms with Crippen LogP contribution in [0.5, 0.6) is 0 Å². The van der Waals surface area contributed by atoms with E-state index in [9.17, 15) is 14.0 Å². The van der Waals surface area contributed by atoms with Crippen LogP contribution < -0.4 is 10.6 Å². The summed E-state index contributed by atoms with van der Waals surface area (Å²) in [6, 6.07) is 5.99. The largest absolute Gasteiger partial charge is 0.444 e. The van der Waals surface area contributed by atoms with Crippen LogP contribution in [0, 0.1) is 5.82 Å². The number of hydrogen-bond acceptors (Lipinski definition) is 3. The van der Waals surface area contributed by atoms with E-state index in [1.54, 1.807) is 39.0 Å². The van der Waals surface area contributed by atoms with Crippen molar-refractivity contribution < 1.29 is 18.7 Å². The van der Waals surface area contributed by atoms with Crippen molar-refractivity contribution in [3.05, 3.63) is 41.7 Å². The first-order valence-corrected chi connectivity index (χ1v) is 8.82. The Morgan fingerprint density at radius 3 is 2.38 bits per heavy atom. The second kappa shape index (κ2) is 9.36. The number of carbonyl (C=O) groups is 2. The molecule has 0 saturated carbocycles. The summed E-state index contributed by atoms with van der Waals surface area (Å²) < 4.78 is 18.4. The summed E-state index contributed by atoms with van der Waals surface area (Å²) in [5, 5.41) is 5.66. The number of ether oxygens (including phenoxy) is 1. The van der Waals surface area contributed by atoms with E-state index >= 15 is 0 Å². The molecule has 0 aliphatic carbocycles. The number of halogens is 1. The van der Waals surface area contributed by atoms with Gasteiger partial charge in [0.15, 0.2) is 0 Å². The molecule has 0 aromatic heterocycles. The number of alkyl carbamates (subject to hydrolysis) is 1. The predicted molar refractivity (Wildman–Crippen MR) is 101 cm³/mol. The third kappa shape index (κ3) is 7.68. The van der Waals surface area contributed by atoms with E-state index in [2.05, 4.69) is 10.6 Å². The van der Waals surface area contributed by atoms with Crippen molar-refractivity contribution in [2.24, 2.45) is 0 Å². The summed E-state index contributed by atoms with van der Waals surface area (Å²) >= 11 is 0. The quantitative estimate of drug-likeness (QED) is 0.718. The highest BCUT2D eigenvalue weighted by atomic mass is 19.1. The van der Waals surface area contributed by atoms with E-state index in [4.69, 9.17) is 4.74 Å². The van der Waals surface area contributed by atoms with Crippen molar-refractivity contribution in [2.75, 3.05) is 6.54 Å². The zero-order valence-electron chi connectivity index (χ0n) is 16.2. The maximum Gasteiger partial charge on any atom is 0.407 e. The number of carbonyl (C=O) groups excluding carboxylic acids is 2. The van der Waals surface area contributed by atoms with Crippen LogP contribution in [0.4, 0.5) is 9.18 Å². The van der Waals surface area contributed by atoms with Gasteiger partial charge in [0.1, 0.15) is 11.4 Å². The molecule has 0 heterocycles. The molecule has 0 atom stereocenters. The minimum Gasteiger partial charge on any atom is -0.444 e. The summed E-state index contributed by atoms with van der Waals surface area (Å²) in [7, 11) is 0. The third-order valence-electron chi connectivity index (χ3n) is 3.99. The molecule has 1 aromatic carbocycles. The first-order chi connectivity index (χ1) is 12.1. The number of benzene rings is 1. The van der Waals surface area contributed by atoms with Gasteiger partial charge in [0.05, 0.1) is 5.54 Å². The fourth-order valence-electron chi connectivity index (χ4n) is 2.36. The average molecular weight is 364 g/mol. The Labute approximate surface area is 155 Å². The van der Waals surface area contributed by atoms with Crippen molar-refractivity contribution in [3.8, 4) is 0 Å². The fraction of sp³-hybridized carbons (Fsp3) is 0.500. The summed E-state index contributed by atoms with van der Waals surface area (Å²) in [5.74, 6) is -0.658. The summed E-state index contributed by atoms with van der Waals surface area (Å²) in [5.41, 5.74) is -0.562. The van der Waals surface area contributed by atoms with Crippen LogP contribution in [0.25, 0.3) is 6.08 Å². The molecule has 0 radical (unpaired) electrons. The van der Waals surface area contributed by atoms with E-state index in [1.807, 2.05) is 13.8 Å². The topological polar surface area (TPSA) is 67.4 Å². The molecule has 0 fully saturated rings. The lowest BCUT2D eigenvalue weighted by atomic mass is 9.92. The lowest BCUT2D eigenvalue weighted by Gasteiger charge is -2.33. The summed E-state index contributed by atoms with van der Waals surface area (Å²) in [4.78, 5) is 24.1. The molecule has 6 heteroatoms. The number of hydrogen-bond donors (Lipinski definition) is 2. The van der Waals surface area contributed by atoms with Crippen molar-refractivity contribution in [3.63, 3.8) is 0 Å². The highest BCUT2D eigenvalue weighted by Crippen LogP contribution is 2.15. The monoisotopic (exact) mass is 364 g/mol. The lowest BCUT2D eigenvalue weighted by molar-refractivity contribution is -0.118. The standard InChI is InChI=1S/C20H29FN2O3/c1-6-20(7-2,14-22-18(25)26-19(3,4)5)23-17(24)12-11-15-9-8-10-16(21)13-15/h8-13H,6-7,14H2,1-5H3,(H,22,25)(H,23,24)/b12-11+. The average Bonchev–Trinajstić information content (AvgIpc) is 2.55. The number of amides is 2. The molecular weight excluding hydrogens is 335 g/mol. The van der Waals surface area contributed by atoms with Gasteiger partial charge in [-0.1, -0.05) is 26.0 Å². The Balaban J connectivity index is 2.70. The first-order valence-electron chi connectivity index (χ1n) is 8.82. The highest BCUT2D eigenvalue weighted by molar-refractivity contribution is 5.92. The molecule has 144 valence electrons. The van der Waals surface area contributed by atoms with E-state index in [0.29, 0.717) is 18.4 Å². The summed E-state index contributed by atoms with van der Waals surface area (Å²) in [6.07, 6.45) is 3.67. The van der Waals surface area contributed by atoms with Crippen molar-refractivity contribution >= 4 is 18.1 Å². The minimum atomic E-state index is -0.583. The Morgan fingerprint density at radius 2 is 1.85 bits per heavy atom. The van der Waals surface area contributed by atoms with Gasteiger partial charge in [0.2, 0.25) is 5.91 Å². The van der Waals surface area contributed by atoms with Gasteiger partial charge in [-0.15, -0.1) is 0 Å². The molecule has 0 aliphatic rings. The molecule has 0 unspecified atom stereocenters. The van der Waals surface area contributed by atoms with Crippen LogP contribution in [0.1, 0.15) is 53.0 Å². The second-order valence-electron chi connectivity index (χ2n) is 7.22. The molecule has 0 spiro atoms. The zero-order valence-corrected chi connectivity index (χ0v) is 16.2. The molecule has 0 aliphatic heterocycles. The Hall–Kier alpha value is -2.37. The van der Waals surface area contributed by atoms with Gasteiger partial charge in [0.25, 0.3) is 0 Å². The molecule has 1 rings (SSSR count). The van der Waals surface area contributed by atoms with Crippen LogP contribution in [0.3, 0.4) is 0 Å². The number of rotatable bonds is 7. The molecule has 0 bridgehead atoms. The van der Waals surface area contributed by atoms with Crippen molar-refractivity contribution in [1.82, 2.24) is 10.6 Å². The van der Waals surface area contributed by atoms with Gasteiger partial charge in [0, 0.05) is 12.6 Å². The summed E-state index contributed by atoms with van der Waals surface area (Å²) in [6.45, 7) is 9.51. The maximum absolute atomic E-state index is 13.2. The highest BCUT2D eigenvalue weighted by Gasteiger charge is 2.29. The van der Waals surface area contributed by atoms with Crippen LogP contribution in [0.2, 0.25) is 0 Å². The fourth-order valence-corrected chi connectivity index (χ4v) is 2.36. The van der Waals surface area contributed by atoms with Crippen molar-refractivity contribution in [1.29, 1.82) is 0 Å². The van der Waals surface area contributed by atoms with Gasteiger partial charge in [-0.25, -0.2) is 9.18 Å². The number of nitrogens with one attached hydrogen (secondary N) is 2. The van der Waals surface area contributed by atoms with Gasteiger partial charge in [-0.2, -0.15) is 0 Å². The van der Waals surface area contributed by atoms with Crippen LogP contribution >= 0.6 is 0 Å². The zero-order chi connectivity index (χ0) is 19.8. The molecule has 26 heavy (non-hydrogen) atoms. The molecule has 2 amide bonds. The minimum absolute atomic E-state index is 0.258. The maximum atomic E-state index is 13.2. The van der Waals surface area contributed by atoms with Crippen LogP contribution in [0.15, 0.2) is 30.3 Å². The third-order valence-corrected chi connectivity index (χ3v) is 3.99. The van der Waals surface area contributed by atoms with Crippen LogP contribution in [-0.2, 0) is 9.53 Å². The molecule has 1 aromatic rings. The van der Waals surface area contributed by atoms with E-state index in [-0.39, 0.29) is 18.3 Å². The van der Waals surface area contributed by atoms with Crippen LogP contribution in [-0.4, -0.2) is 29.7 Å². The second-order valence-corrected chi connectivity index (χ2v) is 7.22. The van der Waals surface area contributed by atoms with E-state index < -0.39 is 17.2 Å².